The molecule has 5 nitrogen and oxygen atoms in total. The molecule has 0 saturated heterocycles. The average Bonchev–Trinajstić information content (AvgIpc) is 2.87. The van der Waals surface area contributed by atoms with Gasteiger partial charge in [0.2, 0.25) is 0 Å². The van der Waals surface area contributed by atoms with Crippen LogP contribution >= 0.6 is 0 Å². The molecule has 76 valence electrons. The molecule has 0 radical (unpaired) electrons. The van der Waals surface area contributed by atoms with E-state index in [1.807, 2.05) is 18.2 Å². The Hall–Kier alpha value is -2.04. The lowest BCUT2D eigenvalue weighted by atomic mass is 10.2. The molecule has 0 atom stereocenters. The highest BCUT2D eigenvalue weighted by Crippen LogP contribution is 2.16. The fraction of sp³-hybridized carbons (Fsp3) is 0.200. The highest BCUT2D eigenvalue weighted by Gasteiger charge is 2.07. The molecule has 0 fully saturated rings. The molecule has 1 aromatic heterocycles. The molecule has 5 heteroatoms. The third-order valence-corrected chi connectivity index (χ3v) is 2.28. The van der Waals surface area contributed by atoms with Crippen LogP contribution in [0.2, 0.25) is 0 Å². The number of ether oxygens (including phenoxy) is 1. The van der Waals surface area contributed by atoms with E-state index in [0.29, 0.717) is 12.6 Å². The molecule has 0 aliphatic carbocycles. The second kappa shape index (κ2) is 3.27. The van der Waals surface area contributed by atoms with E-state index in [4.69, 9.17) is 4.74 Å². The van der Waals surface area contributed by atoms with Gasteiger partial charge in [0, 0.05) is 11.1 Å². The Balaban J connectivity index is 1.90. The molecule has 15 heavy (non-hydrogen) atoms. The van der Waals surface area contributed by atoms with E-state index in [9.17, 15) is 0 Å². The average molecular weight is 202 g/mol. The van der Waals surface area contributed by atoms with Gasteiger partial charge in [0.1, 0.15) is 6.61 Å². The number of amidine groups is 1. The van der Waals surface area contributed by atoms with Crippen LogP contribution in [0, 0.1) is 0 Å². The Labute approximate surface area is 86.2 Å². The number of aliphatic imine (C=N–C) groups is 1. The maximum Gasteiger partial charge on any atom is 0.289 e. The number of hydrogen-bond donors (Lipinski definition) is 2. The first kappa shape index (κ1) is 8.28. The quantitative estimate of drug-likeness (QED) is 0.734. The van der Waals surface area contributed by atoms with Crippen LogP contribution in [0.3, 0.4) is 0 Å². The largest absolute Gasteiger partial charge is 0.463 e. The van der Waals surface area contributed by atoms with Gasteiger partial charge >= 0.3 is 0 Å². The SMILES string of the molecule is c1cc2cn[nH]c2cc1NC1=NCCO1. The van der Waals surface area contributed by atoms with Crippen LogP contribution in [0.4, 0.5) is 5.69 Å². The summed E-state index contributed by atoms with van der Waals surface area (Å²) in [5.41, 5.74) is 1.95. The van der Waals surface area contributed by atoms with Gasteiger partial charge in [0.15, 0.2) is 0 Å². The van der Waals surface area contributed by atoms with Crippen molar-refractivity contribution in [2.75, 3.05) is 18.5 Å². The molecule has 1 aliphatic heterocycles. The summed E-state index contributed by atoms with van der Waals surface area (Å²) in [6.07, 6.45) is 1.79. The maximum atomic E-state index is 5.26. The Morgan fingerprint density at radius 3 is 3.27 bits per heavy atom. The Kier molecular flexibility index (Phi) is 1.81. The minimum Gasteiger partial charge on any atom is -0.463 e. The minimum absolute atomic E-state index is 0.592. The molecular weight excluding hydrogens is 192 g/mol. The Bertz CT molecular complexity index is 517. The molecule has 2 aromatic rings. The number of nitrogens with zero attached hydrogens (tertiary/aromatic N) is 2. The minimum atomic E-state index is 0.592. The molecule has 1 aliphatic rings. The van der Waals surface area contributed by atoms with Crippen LogP contribution in [0.1, 0.15) is 0 Å². The first-order valence-electron chi connectivity index (χ1n) is 4.79. The summed E-state index contributed by atoms with van der Waals surface area (Å²) < 4.78 is 5.26. The fourth-order valence-electron chi connectivity index (χ4n) is 1.55. The molecule has 2 heterocycles. The smallest absolute Gasteiger partial charge is 0.289 e. The van der Waals surface area contributed by atoms with E-state index >= 15 is 0 Å². The summed E-state index contributed by atoms with van der Waals surface area (Å²) >= 11 is 0. The first-order chi connectivity index (χ1) is 7.42. The van der Waals surface area contributed by atoms with Gasteiger partial charge in [-0.1, -0.05) is 0 Å². The molecule has 0 unspecified atom stereocenters. The number of rotatable bonds is 1. The Morgan fingerprint density at radius 2 is 2.40 bits per heavy atom. The normalized spacial score (nSPS) is 15.1. The van der Waals surface area contributed by atoms with Crippen molar-refractivity contribution >= 4 is 22.6 Å². The molecule has 1 aromatic carbocycles. The van der Waals surface area contributed by atoms with Gasteiger partial charge < -0.3 is 10.1 Å². The third kappa shape index (κ3) is 1.52. The zero-order chi connectivity index (χ0) is 10.1. The lowest BCUT2D eigenvalue weighted by Gasteiger charge is -2.04. The number of aromatic nitrogens is 2. The van der Waals surface area contributed by atoms with Gasteiger partial charge in [-0.05, 0) is 18.2 Å². The first-order valence-corrected chi connectivity index (χ1v) is 4.79. The van der Waals surface area contributed by atoms with E-state index in [1.54, 1.807) is 6.20 Å². The standard InChI is InChI=1S/C10H10N4O/c1-2-8(13-10-11-3-4-15-10)5-9-7(1)6-12-14-9/h1-2,5-6H,3-4H2,(H,11,13)(H,12,14). The number of aromatic amines is 1. The van der Waals surface area contributed by atoms with Crippen molar-refractivity contribution in [1.29, 1.82) is 0 Å². The lowest BCUT2D eigenvalue weighted by Crippen LogP contribution is -2.11. The number of benzene rings is 1. The van der Waals surface area contributed by atoms with Crippen LogP contribution in [-0.2, 0) is 4.74 Å². The van der Waals surface area contributed by atoms with Crippen molar-refractivity contribution < 1.29 is 4.74 Å². The molecule has 2 N–H and O–H groups in total. The van der Waals surface area contributed by atoms with Gasteiger partial charge in [-0.15, -0.1) is 0 Å². The molecule has 3 rings (SSSR count). The van der Waals surface area contributed by atoms with E-state index in [2.05, 4.69) is 20.5 Å². The second-order valence-electron chi connectivity index (χ2n) is 3.33. The van der Waals surface area contributed by atoms with E-state index < -0.39 is 0 Å². The monoisotopic (exact) mass is 202 g/mol. The van der Waals surface area contributed by atoms with Crippen molar-refractivity contribution in [2.45, 2.75) is 0 Å². The molecular formula is C10H10N4O. The summed E-state index contributed by atoms with van der Waals surface area (Å²) in [7, 11) is 0. The van der Waals surface area contributed by atoms with Gasteiger partial charge in [-0.3, -0.25) is 5.10 Å². The lowest BCUT2D eigenvalue weighted by molar-refractivity contribution is 0.346. The third-order valence-electron chi connectivity index (χ3n) is 2.28. The highest BCUT2D eigenvalue weighted by molar-refractivity contribution is 5.92. The van der Waals surface area contributed by atoms with Crippen LogP contribution < -0.4 is 5.32 Å². The number of fused-ring (bicyclic) bond motifs is 1. The van der Waals surface area contributed by atoms with Crippen LogP contribution in [-0.4, -0.2) is 29.4 Å². The number of nitrogens with one attached hydrogen (secondary N) is 2. The number of anilines is 1. The molecule has 0 bridgehead atoms. The summed E-state index contributed by atoms with van der Waals surface area (Å²) in [6, 6.07) is 6.54. The molecule has 0 spiro atoms. The van der Waals surface area contributed by atoms with E-state index in [1.165, 1.54) is 0 Å². The summed E-state index contributed by atoms with van der Waals surface area (Å²) in [5.74, 6) is 0. The maximum absolute atomic E-state index is 5.26. The van der Waals surface area contributed by atoms with Crippen molar-refractivity contribution in [1.82, 2.24) is 10.2 Å². The van der Waals surface area contributed by atoms with Gasteiger partial charge in [0.05, 0.1) is 18.3 Å². The predicted octanol–water partition coefficient (Wildman–Crippen LogP) is 1.36. The summed E-state index contributed by atoms with van der Waals surface area (Å²) in [5, 5.41) is 11.1. The van der Waals surface area contributed by atoms with Crippen LogP contribution in [0.15, 0.2) is 29.4 Å². The number of hydrogen-bond acceptors (Lipinski definition) is 4. The van der Waals surface area contributed by atoms with Gasteiger partial charge in [-0.2, -0.15) is 5.10 Å². The molecule has 0 amide bonds. The summed E-state index contributed by atoms with van der Waals surface area (Å²) in [4.78, 5) is 4.16. The fourth-order valence-corrected chi connectivity index (χ4v) is 1.55. The zero-order valence-electron chi connectivity index (χ0n) is 8.03. The topological polar surface area (TPSA) is 62.3 Å². The van der Waals surface area contributed by atoms with E-state index in [-0.39, 0.29) is 0 Å². The van der Waals surface area contributed by atoms with Crippen molar-refractivity contribution in [3.05, 3.63) is 24.4 Å². The van der Waals surface area contributed by atoms with Gasteiger partial charge in [0.25, 0.3) is 6.02 Å². The number of H-pyrrole nitrogens is 1. The van der Waals surface area contributed by atoms with Crippen molar-refractivity contribution in [3.63, 3.8) is 0 Å². The zero-order valence-corrected chi connectivity index (χ0v) is 8.03. The molecule has 0 saturated carbocycles. The second-order valence-corrected chi connectivity index (χ2v) is 3.33. The Morgan fingerprint density at radius 1 is 1.40 bits per heavy atom. The summed E-state index contributed by atoms with van der Waals surface area (Å²) in [6.45, 7) is 1.39. The van der Waals surface area contributed by atoms with Crippen LogP contribution in [0.25, 0.3) is 10.9 Å². The highest BCUT2D eigenvalue weighted by atomic mass is 16.5. The predicted molar refractivity (Wildman–Crippen MR) is 58.0 cm³/mol. The van der Waals surface area contributed by atoms with E-state index in [0.717, 1.165) is 23.1 Å². The van der Waals surface area contributed by atoms with Crippen LogP contribution in [0.5, 0.6) is 0 Å². The van der Waals surface area contributed by atoms with Gasteiger partial charge in [-0.25, -0.2) is 4.99 Å². The van der Waals surface area contributed by atoms with Crippen molar-refractivity contribution in [2.24, 2.45) is 4.99 Å². The van der Waals surface area contributed by atoms with Crippen molar-refractivity contribution in [3.8, 4) is 0 Å².